The Bertz CT molecular complexity index is 503. The van der Waals surface area contributed by atoms with Crippen molar-refractivity contribution in [3.63, 3.8) is 0 Å². The summed E-state index contributed by atoms with van der Waals surface area (Å²) in [5.41, 5.74) is 1.69. The zero-order chi connectivity index (χ0) is 14.7. The lowest BCUT2D eigenvalue weighted by molar-refractivity contribution is -0.122. The molecule has 0 radical (unpaired) electrons. The van der Waals surface area contributed by atoms with Crippen LogP contribution in [-0.2, 0) is 4.79 Å². The molecule has 1 atom stereocenters. The lowest BCUT2D eigenvalue weighted by Crippen LogP contribution is -2.54. The van der Waals surface area contributed by atoms with E-state index in [9.17, 15) is 4.79 Å². The van der Waals surface area contributed by atoms with Crippen molar-refractivity contribution in [3.05, 3.63) is 24.3 Å². The van der Waals surface area contributed by atoms with Gasteiger partial charge in [0.1, 0.15) is 0 Å². The molecule has 2 N–H and O–H groups in total. The number of hydrogen-bond acceptors (Lipinski definition) is 3. The molecule has 2 heterocycles. The van der Waals surface area contributed by atoms with Crippen molar-refractivity contribution in [2.24, 2.45) is 0 Å². The van der Waals surface area contributed by atoms with E-state index in [1.165, 1.54) is 18.5 Å². The van der Waals surface area contributed by atoms with E-state index < -0.39 is 5.54 Å². The highest BCUT2D eigenvalue weighted by Crippen LogP contribution is 2.25. The minimum absolute atomic E-state index is 0.0840. The van der Waals surface area contributed by atoms with Gasteiger partial charge in [-0.1, -0.05) is 6.07 Å². The molecule has 1 aromatic rings. The molecule has 0 saturated carbocycles. The van der Waals surface area contributed by atoms with Gasteiger partial charge in [-0.05, 0) is 63.8 Å². The van der Waals surface area contributed by atoms with Gasteiger partial charge in [0.25, 0.3) is 0 Å². The van der Waals surface area contributed by atoms with Gasteiger partial charge in [0.15, 0.2) is 0 Å². The van der Waals surface area contributed by atoms with Crippen LogP contribution in [-0.4, -0.2) is 31.1 Å². The number of nitrogens with zero attached hydrogens (tertiary/aromatic N) is 1. The van der Waals surface area contributed by atoms with Crippen LogP contribution in [0.4, 0.5) is 11.4 Å². The molecule has 1 amide bonds. The van der Waals surface area contributed by atoms with Gasteiger partial charge in [0.05, 0.1) is 5.54 Å². The predicted octanol–water partition coefficient (Wildman–Crippen LogP) is 2.76. The van der Waals surface area contributed by atoms with Crippen LogP contribution < -0.4 is 15.5 Å². The number of carbonyl (C=O) groups is 1. The molecule has 2 aliphatic rings. The second-order valence-corrected chi connectivity index (χ2v) is 6.41. The lowest BCUT2D eigenvalue weighted by atomic mass is 9.90. The van der Waals surface area contributed by atoms with Crippen molar-refractivity contribution in [1.82, 2.24) is 5.32 Å². The summed E-state index contributed by atoms with van der Waals surface area (Å²) >= 11 is 0. The summed E-state index contributed by atoms with van der Waals surface area (Å²) in [6.45, 7) is 5.18. The standard InChI is InChI=1S/C17H25N3O/c1-17(9-2-3-10-18-17)16(21)19-14-7-6-8-15(13-14)20-11-4-5-12-20/h6-8,13,18H,2-5,9-12H2,1H3,(H,19,21). The van der Waals surface area contributed by atoms with Crippen molar-refractivity contribution in [1.29, 1.82) is 0 Å². The maximum Gasteiger partial charge on any atom is 0.244 e. The van der Waals surface area contributed by atoms with E-state index in [0.717, 1.165) is 44.6 Å². The highest BCUT2D eigenvalue weighted by molar-refractivity contribution is 5.98. The number of carbonyl (C=O) groups excluding carboxylic acids is 1. The second-order valence-electron chi connectivity index (χ2n) is 6.41. The van der Waals surface area contributed by atoms with E-state index in [4.69, 9.17) is 0 Å². The molecule has 2 fully saturated rings. The zero-order valence-electron chi connectivity index (χ0n) is 12.8. The van der Waals surface area contributed by atoms with Crippen molar-refractivity contribution in [2.45, 2.75) is 44.6 Å². The fraction of sp³-hybridized carbons (Fsp3) is 0.588. The minimum Gasteiger partial charge on any atom is -0.371 e. The number of benzene rings is 1. The third-order valence-corrected chi connectivity index (χ3v) is 4.70. The lowest BCUT2D eigenvalue weighted by Gasteiger charge is -2.33. The Hall–Kier alpha value is -1.55. The predicted molar refractivity (Wildman–Crippen MR) is 86.8 cm³/mol. The van der Waals surface area contributed by atoms with Gasteiger partial charge in [0.2, 0.25) is 5.91 Å². The van der Waals surface area contributed by atoms with Crippen LogP contribution in [0.1, 0.15) is 39.0 Å². The van der Waals surface area contributed by atoms with Gasteiger partial charge in [-0.3, -0.25) is 4.79 Å². The molecule has 4 nitrogen and oxygen atoms in total. The Morgan fingerprint density at radius 1 is 1.24 bits per heavy atom. The molecule has 2 saturated heterocycles. The summed E-state index contributed by atoms with van der Waals surface area (Å²) in [7, 11) is 0. The van der Waals surface area contributed by atoms with Gasteiger partial charge in [0, 0.05) is 24.5 Å². The monoisotopic (exact) mass is 287 g/mol. The van der Waals surface area contributed by atoms with Crippen LogP contribution >= 0.6 is 0 Å². The number of amides is 1. The molecular formula is C17H25N3O. The molecule has 0 spiro atoms. The molecule has 0 aromatic heterocycles. The van der Waals surface area contributed by atoms with E-state index in [1.807, 2.05) is 19.1 Å². The first-order chi connectivity index (χ1) is 10.2. The molecule has 1 unspecified atom stereocenters. The SMILES string of the molecule is CC1(C(=O)Nc2cccc(N3CCCC3)c2)CCCCN1. The largest absolute Gasteiger partial charge is 0.371 e. The Morgan fingerprint density at radius 3 is 2.76 bits per heavy atom. The van der Waals surface area contributed by atoms with E-state index in [0.29, 0.717) is 0 Å². The number of piperidine rings is 1. The quantitative estimate of drug-likeness (QED) is 0.898. The number of rotatable bonds is 3. The van der Waals surface area contributed by atoms with Crippen LogP contribution in [0.25, 0.3) is 0 Å². The number of anilines is 2. The maximum absolute atomic E-state index is 12.5. The van der Waals surface area contributed by atoms with Crippen LogP contribution in [0.3, 0.4) is 0 Å². The molecule has 3 rings (SSSR count). The average Bonchev–Trinajstić information content (AvgIpc) is 3.02. The highest BCUT2D eigenvalue weighted by Gasteiger charge is 2.34. The highest BCUT2D eigenvalue weighted by atomic mass is 16.2. The first kappa shape index (κ1) is 14.4. The first-order valence-corrected chi connectivity index (χ1v) is 8.09. The van der Waals surface area contributed by atoms with E-state index in [-0.39, 0.29) is 5.91 Å². The minimum atomic E-state index is -0.429. The van der Waals surface area contributed by atoms with Crippen LogP contribution in [0.15, 0.2) is 24.3 Å². The molecule has 114 valence electrons. The van der Waals surface area contributed by atoms with Crippen molar-refractivity contribution < 1.29 is 4.79 Å². The molecule has 4 heteroatoms. The molecule has 2 aliphatic heterocycles. The van der Waals surface area contributed by atoms with Crippen molar-refractivity contribution in [3.8, 4) is 0 Å². The van der Waals surface area contributed by atoms with Crippen molar-refractivity contribution >= 4 is 17.3 Å². The van der Waals surface area contributed by atoms with Gasteiger partial charge in [-0.2, -0.15) is 0 Å². The van der Waals surface area contributed by atoms with Gasteiger partial charge >= 0.3 is 0 Å². The summed E-state index contributed by atoms with van der Waals surface area (Å²) in [6.07, 6.45) is 5.71. The van der Waals surface area contributed by atoms with Gasteiger partial charge in [-0.15, -0.1) is 0 Å². The van der Waals surface area contributed by atoms with Crippen LogP contribution in [0, 0.1) is 0 Å². The Labute approximate surface area is 126 Å². The van der Waals surface area contributed by atoms with Gasteiger partial charge in [-0.25, -0.2) is 0 Å². The van der Waals surface area contributed by atoms with Crippen molar-refractivity contribution in [2.75, 3.05) is 29.9 Å². The van der Waals surface area contributed by atoms with Crippen LogP contribution in [0.2, 0.25) is 0 Å². The molecular weight excluding hydrogens is 262 g/mol. The normalized spacial score (nSPS) is 25.9. The third-order valence-electron chi connectivity index (χ3n) is 4.70. The zero-order valence-corrected chi connectivity index (χ0v) is 12.8. The molecule has 21 heavy (non-hydrogen) atoms. The topological polar surface area (TPSA) is 44.4 Å². The summed E-state index contributed by atoms with van der Waals surface area (Å²) in [5, 5.41) is 6.45. The molecule has 0 bridgehead atoms. The Balaban J connectivity index is 1.69. The molecule has 1 aromatic carbocycles. The molecule has 0 aliphatic carbocycles. The third kappa shape index (κ3) is 3.21. The average molecular weight is 287 g/mol. The van der Waals surface area contributed by atoms with E-state index >= 15 is 0 Å². The summed E-state index contributed by atoms with van der Waals surface area (Å²) in [5.74, 6) is 0.0840. The number of hydrogen-bond donors (Lipinski definition) is 2. The van der Waals surface area contributed by atoms with Gasteiger partial charge < -0.3 is 15.5 Å². The summed E-state index contributed by atoms with van der Waals surface area (Å²) in [6, 6.07) is 8.22. The number of nitrogens with one attached hydrogen (secondary N) is 2. The van der Waals surface area contributed by atoms with Crippen LogP contribution in [0.5, 0.6) is 0 Å². The fourth-order valence-electron chi connectivity index (χ4n) is 3.27. The van der Waals surface area contributed by atoms with E-state index in [1.54, 1.807) is 0 Å². The first-order valence-electron chi connectivity index (χ1n) is 8.09. The van der Waals surface area contributed by atoms with E-state index in [2.05, 4.69) is 27.7 Å². The maximum atomic E-state index is 12.5. The Morgan fingerprint density at radius 2 is 2.05 bits per heavy atom. The fourth-order valence-corrected chi connectivity index (χ4v) is 3.27. The summed E-state index contributed by atoms with van der Waals surface area (Å²) < 4.78 is 0. The Kier molecular flexibility index (Phi) is 4.15. The second kappa shape index (κ2) is 6.06. The smallest absolute Gasteiger partial charge is 0.244 e. The summed E-state index contributed by atoms with van der Waals surface area (Å²) in [4.78, 5) is 14.9.